The number of ether oxygens (including phenoxy) is 8. The summed E-state index contributed by atoms with van der Waals surface area (Å²) in [5, 5.41) is 26.5. The van der Waals surface area contributed by atoms with Crippen LogP contribution < -0.4 is 5.32 Å². The van der Waals surface area contributed by atoms with E-state index in [0.29, 0.717) is 0 Å². The van der Waals surface area contributed by atoms with Crippen LogP contribution in [0.25, 0.3) is 0 Å². The van der Waals surface area contributed by atoms with E-state index in [1.807, 2.05) is 0 Å². The Morgan fingerprint density at radius 2 is 1.59 bits per heavy atom. The molecule has 1 amide bonds. The van der Waals surface area contributed by atoms with Gasteiger partial charge >= 0.3 is 36.1 Å². The lowest BCUT2D eigenvalue weighted by Crippen LogP contribution is -2.87. The van der Waals surface area contributed by atoms with Gasteiger partial charge in [-0.2, -0.15) is 0 Å². The fourth-order valence-electron chi connectivity index (χ4n) is 10.8. The summed E-state index contributed by atoms with van der Waals surface area (Å²) in [6, 6.07) is 6.47. The second-order valence-corrected chi connectivity index (χ2v) is 19.5. The molecular formula is C45H59NO17. The van der Waals surface area contributed by atoms with Crippen molar-refractivity contribution in [3.05, 3.63) is 47.0 Å². The molecule has 63 heavy (non-hydrogen) atoms. The van der Waals surface area contributed by atoms with Crippen molar-refractivity contribution in [3.63, 3.8) is 0 Å². The fourth-order valence-corrected chi connectivity index (χ4v) is 10.8. The van der Waals surface area contributed by atoms with Crippen molar-refractivity contribution in [2.45, 2.75) is 161 Å². The number of carbonyl (C=O) groups is 7. The number of hydrogen-bond acceptors (Lipinski definition) is 17. The SMILES string of the molecule is CC(=O)O[C@H]1C(=O)[C@]2(C)[C@@H](O)C[C@H]3OC[C@@]3(OC(C)=O)C2(C)[C@H](OC(=O)c2ccccc2)[C@]23OC(=O)O[C@H]2[C@H](OC(=O)[C@H](O)[C@H](CC(C)C)NC(=O)OC(C)(C)C)C(C)=C1C3(C)C. The number of esters is 4. The third-order valence-corrected chi connectivity index (χ3v) is 13.8. The molecule has 18 nitrogen and oxygen atoms in total. The summed E-state index contributed by atoms with van der Waals surface area (Å²) >= 11 is 0. The van der Waals surface area contributed by atoms with Gasteiger partial charge in [-0.05, 0) is 70.2 Å². The maximum Gasteiger partial charge on any atom is 0.509 e. The first kappa shape index (κ1) is 47.4. The lowest BCUT2D eigenvalue weighted by atomic mass is 9.38. The smallest absolute Gasteiger partial charge is 0.454 e. The largest absolute Gasteiger partial charge is 0.509 e. The summed E-state index contributed by atoms with van der Waals surface area (Å²) in [4.78, 5) is 98.1. The van der Waals surface area contributed by atoms with Gasteiger partial charge in [-0.15, -0.1) is 0 Å². The van der Waals surface area contributed by atoms with Gasteiger partial charge < -0.3 is 53.4 Å². The molecule has 2 saturated heterocycles. The molecule has 3 aliphatic carbocycles. The van der Waals surface area contributed by atoms with Crippen LogP contribution >= 0.6 is 0 Å². The summed E-state index contributed by atoms with van der Waals surface area (Å²) in [5.74, 6) is -5.14. The van der Waals surface area contributed by atoms with Gasteiger partial charge in [0.1, 0.15) is 11.7 Å². The number of alkyl carbamates (subject to hydrolysis) is 1. The number of amides is 1. The van der Waals surface area contributed by atoms with Crippen LogP contribution in [0.1, 0.15) is 106 Å². The lowest BCUT2D eigenvalue weighted by molar-refractivity contribution is -0.380. The van der Waals surface area contributed by atoms with Gasteiger partial charge in [0, 0.05) is 25.7 Å². The first-order valence-electron chi connectivity index (χ1n) is 21.1. The first-order valence-corrected chi connectivity index (χ1v) is 21.1. The molecule has 5 aliphatic rings. The van der Waals surface area contributed by atoms with E-state index in [4.69, 9.17) is 37.9 Å². The molecule has 1 aromatic carbocycles. The summed E-state index contributed by atoms with van der Waals surface area (Å²) in [6.45, 7) is 17.7. The van der Waals surface area contributed by atoms with E-state index < -0.39 is 124 Å². The van der Waals surface area contributed by atoms with Crippen LogP contribution in [0.15, 0.2) is 41.5 Å². The minimum Gasteiger partial charge on any atom is -0.454 e. The average molecular weight is 886 g/mol. The van der Waals surface area contributed by atoms with Crippen LogP contribution in [0.4, 0.5) is 9.59 Å². The zero-order valence-corrected chi connectivity index (χ0v) is 37.7. The van der Waals surface area contributed by atoms with E-state index in [-0.39, 0.29) is 42.1 Å². The molecule has 346 valence electrons. The number of Topliss-reactive ketones (excluding diaryl/α,β-unsaturated/α-hetero) is 1. The maximum absolute atomic E-state index is 15.8. The number of aliphatic hydroxyl groups excluding tert-OH is 2. The Bertz CT molecular complexity index is 2090. The Morgan fingerprint density at radius 1 is 0.952 bits per heavy atom. The minimum absolute atomic E-state index is 0.0202. The van der Waals surface area contributed by atoms with Crippen molar-refractivity contribution in [1.82, 2.24) is 5.32 Å². The second kappa shape index (κ2) is 16.2. The van der Waals surface area contributed by atoms with E-state index in [1.54, 1.807) is 66.7 Å². The molecule has 4 fully saturated rings. The molecule has 2 bridgehead atoms. The van der Waals surface area contributed by atoms with Crippen molar-refractivity contribution in [3.8, 4) is 0 Å². The third-order valence-electron chi connectivity index (χ3n) is 13.8. The number of carbonyl (C=O) groups excluding carboxylic acids is 7. The molecular weight excluding hydrogens is 826 g/mol. The quantitative estimate of drug-likeness (QED) is 0.170. The molecule has 3 N–H and O–H groups in total. The highest BCUT2D eigenvalue weighted by molar-refractivity contribution is 5.96. The van der Waals surface area contributed by atoms with Crippen molar-refractivity contribution in [2.75, 3.05) is 6.61 Å². The predicted octanol–water partition coefficient (Wildman–Crippen LogP) is 4.05. The highest BCUT2D eigenvalue weighted by atomic mass is 16.8. The van der Waals surface area contributed by atoms with Crippen molar-refractivity contribution >= 4 is 41.9 Å². The molecule has 18 heteroatoms. The highest BCUT2D eigenvalue weighted by Gasteiger charge is 2.87. The summed E-state index contributed by atoms with van der Waals surface area (Å²) in [7, 11) is 0. The number of aliphatic hydroxyl groups is 2. The van der Waals surface area contributed by atoms with Gasteiger partial charge in [0.05, 0.1) is 35.1 Å². The Kier molecular flexibility index (Phi) is 12.2. The van der Waals surface area contributed by atoms with Gasteiger partial charge in [0.2, 0.25) is 5.60 Å². The Balaban J connectivity index is 1.64. The summed E-state index contributed by atoms with van der Waals surface area (Å²) in [6.07, 6.45) is -14.7. The first-order chi connectivity index (χ1) is 29.1. The van der Waals surface area contributed by atoms with Crippen LogP contribution in [-0.2, 0) is 57.1 Å². The molecule has 1 aromatic rings. The number of hydrogen-bond donors (Lipinski definition) is 3. The van der Waals surface area contributed by atoms with E-state index in [9.17, 15) is 39.0 Å². The third kappa shape index (κ3) is 7.34. The number of ketones is 1. The molecule has 0 aromatic heterocycles. The topological polar surface area (TPSA) is 246 Å². The maximum atomic E-state index is 15.8. The van der Waals surface area contributed by atoms with Crippen LogP contribution in [0.2, 0.25) is 0 Å². The fraction of sp³-hybridized carbons (Fsp3) is 0.667. The molecule has 6 rings (SSSR count). The molecule has 2 heterocycles. The van der Waals surface area contributed by atoms with Crippen molar-refractivity contribution in [2.24, 2.45) is 22.2 Å². The van der Waals surface area contributed by atoms with Gasteiger partial charge in [0.15, 0.2) is 41.9 Å². The molecule has 0 radical (unpaired) electrons. The zero-order chi connectivity index (χ0) is 47.0. The predicted molar refractivity (Wildman–Crippen MR) is 216 cm³/mol. The minimum atomic E-state index is -2.40. The molecule has 12 atom stereocenters. The van der Waals surface area contributed by atoms with Crippen LogP contribution in [0.3, 0.4) is 0 Å². The number of benzene rings is 1. The molecule has 2 aliphatic heterocycles. The monoisotopic (exact) mass is 885 g/mol. The zero-order valence-electron chi connectivity index (χ0n) is 37.7. The summed E-state index contributed by atoms with van der Waals surface area (Å²) in [5.41, 5.74) is -11.4. The Hall–Kier alpha value is -5.07. The van der Waals surface area contributed by atoms with Crippen LogP contribution in [0, 0.1) is 22.2 Å². The Labute approximate surface area is 365 Å². The highest BCUT2D eigenvalue weighted by Crippen LogP contribution is 2.71. The van der Waals surface area contributed by atoms with Crippen LogP contribution in [-0.4, -0.2) is 124 Å². The molecule has 2 saturated carbocycles. The van der Waals surface area contributed by atoms with Gasteiger partial charge in [-0.3, -0.25) is 14.4 Å². The van der Waals surface area contributed by atoms with Crippen molar-refractivity contribution < 1.29 is 81.7 Å². The standard InChI is InChI=1S/C45H59NO17/c1-21(2)18-26(46-38(54)62-40(6,7)8)30(50)36(53)58-31-22(3)29-32(57-23(4)47)33(51)42(11)27(49)19-28-44(20-56-28,61-24(5)48)43(42,12)37(60-35(52)25-16-14-13-15-17-25)45(41(29,9)10)34(31)59-39(55)63-45/h13-17,21,26-28,30-32,34,37,49-50H,18-20H2,1-12H3,(H,46,54)/t26-,27-,28+,30+,31+,32+,34-,37-,42-,43?,44-,45+/m0/s1. The normalized spacial score (nSPS) is 35.0. The van der Waals surface area contributed by atoms with Crippen molar-refractivity contribution in [1.29, 1.82) is 0 Å². The second-order valence-electron chi connectivity index (χ2n) is 19.5. The van der Waals surface area contributed by atoms with E-state index in [0.717, 1.165) is 13.8 Å². The van der Waals surface area contributed by atoms with Gasteiger partial charge in [-0.25, -0.2) is 19.2 Å². The number of rotatable bonds is 10. The molecule has 1 unspecified atom stereocenters. The van der Waals surface area contributed by atoms with E-state index in [1.165, 1.54) is 32.9 Å². The lowest BCUT2D eigenvalue weighted by Gasteiger charge is -2.72. The van der Waals surface area contributed by atoms with E-state index >= 15 is 4.79 Å². The molecule has 1 spiro atoms. The van der Waals surface area contributed by atoms with Gasteiger partial charge in [0.25, 0.3) is 0 Å². The summed E-state index contributed by atoms with van der Waals surface area (Å²) < 4.78 is 48.6. The van der Waals surface area contributed by atoms with E-state index in [2.05, 4.69) is 5.32 Å². The Morgan fingerprint density at radius 3 is 2.13 bits per heavy atom. The average Bonchev–Trinajstić information content (AvgIpc) is 3.53. The number of fused-ring (bicyclic) bond motifs is 4. The number of nitrogens with one attached hydrogen (secondary N) is 1. The van der Waals surface area contributed by atoms with Crippen LogP contribution in [0.5, 0.6) is 0 Å². The van der Waals surface area contributed by atoms with Gasteiger partial charge in [-0.1, -0.05) is 52.8 Å².